The highest BCUT2D eigenvalue weighted by Gasteiger charge is 2.29. The van der Waals surface area contributed by atoms with Crippen LogP contribution < -0.4 is 9.47 Å². The average Bonchev–Trinajstić information content (AvgIpc) is 3.25. The summed E-state index contributed by atoms with van der Waals surface area (Å²) < 4.78 is 11.0. The van der Waals surface area contributed by atoms with E-state index in [4.69, 9.17) is 9.47 Å². The molecule has 3 aromatic carbocycles. The summed E-state index contributed by atoms with van der Waals surface area (Å²) in [6, 6.07) is 25.7. The first-order valence-electron chi connectivity index (χ1n) is 10.1. The second-order valence-electron chi connectivity index (χ2n) is 7.47. The van der Waals surface area contributed by atoms with Gasteiger partial charge in [-0.05, 0) is 35.7 Å². The summed E-state index contributed by atoms with van der Waals surface area (Å²) in [4.78, 5) is 14.1. The summed E-state index contributed by atoms with van der Waals surface area (Å²) in [6.45, 7) is 2.94. The van der Waals surface area contributed by atoms with Crippen LogP contribution in [0, 0.1) is 0 Å². The molecule has 0 bridgehead atoms. The molecule has 1 heterocycles. The van der Waals surface area contributed by atoms with Gasteiger partial charge in [-0.25, -0.2) is 0 Å². The maximum absolute atomic E-state index is 11.9. The first kappa shape index (κ1) is 20.0. The number of hydrogen-bond donors (Lipinski definition) is 1. The van der Waals surface area contributed by atoms with Crippen LogP contribution in [0.4, 0.5) is 0 Å². The number of aliphatic carboxylic acids is 1. The highest BCUT2D eigenvalue weighted by atomic mass is 16.7. The monoisotopic (exact) mass is 403 g/mol. The zero-order valence-corrected chi connectivity index (χ0v) is 16.9. The van der Waals surface area contributed by atoms with Crippen LogP contribution in [0.2, 0.25) is 0 Å². The van der Waals surface area contributed by atoms with Gasteiger partial charge in [0.25, 0.3) is 0 Å². The van der Waals surface area contributed by atoms with Crippen LogP contribution in [0.25, 0.3) is 0 Å². The molecule has 1 aliphatic heterocycles. The SMILES string of the molecule is C[C@H](c1ccccc1)N(Cc1ccccc1)[C@@H](CC(=O)O)c1ccc2c(c1)OCO2. The van der Waals surface area contributed by atoms with Gasteiger partial charge in [0.05, 0.1) is 6.42 Å². The van der Waals surface area contributed by atoms with Crippen molar-refractivity contribution in [2.75, 3.05) is 6.79 Å². The van der Waals surface area contributed by atoms with Crippen molar-refractivity contribution in [3.63, 3.8) is 0 Å². The van der Waals surface area contributed by atoms with Gasteiger partial charge in [0.15, 0.2) is 11.5 Å². The molecule has 1 aliphatic rings. The van der Waals surface area contributed by atoms with Crippen molar-refractivity contribution in [3.8, 4) is 11.5 Å². The Morgan fingerprint density at radius 3 is 2.30 bits per heavy atom. The lowest BCUT2D eigenvalue weighted by molar-refractivity contribution is -0.138. The fourth-order valence-corrected chi connectivity index (χ4v) is 3.95. The van der Waals surface area contributed by atoms with Gasteiger partial charge in [-0.3, -0.25) is 9.69 Å². The topological polar surface area (TPSA) is 59.0 Å². The molecular formula is C25H25NO4. The van der Waals surface area contributed by atoms with Gasteiger partial charge < -0.3 is 14.6 Å². The highest BCUT2D eigenvalue weighted by Crippen LogP contribution is 2.39. The molecule has 0 fully saturated rings. The van der Waals surface area contributed by atoms with Gasteiger partial charge >= 0.3 is 5.97 Å². The van der Waals surface area contributed by atoms with E-state index in [2.05, 4.69) is 36.1 Å². The van der Waals surface area contributed by atoms with E-state index in [0.29, 0.717) is 18.0 Å². The molecule has 4 rings (SSSR count). The largest absolute Gasteiger partial charge is 0.481 e. The maximum Gasteiger partial charge on any atom is 0.305 e. The molecule has 0 spiro atoms. The van der Waals surface area contributed by atoms with Crippen LogP contribution in [0.1, 0.15) is 42.1 Å². The summed E-state index contributed by atoms with van der Waals surface area (Å²) in [7, 11) is 0. The van der Waals surface area contributed by atoms with Gasteiger partial charge in [-0.15, -0.1) is 0 Å². The minimum absolute atomic E-state index is 0.0103. The molecule has 2 atom stereocenters. The Morgan fingerprint density at radius 1 is 0.933 bits per heavy atom. The molecule has 5 heteroatoms. The van der Waals surface area contributed by atoms with E-state index in [9.17, 15) is 9.90 Å². The standard InChI is InChI=1S/C25H25NO4/c1-18(20-10-6-3-7-11-20)26(16-19-8-4-2-5-9-19)22(15-25(27)28)21-12-13-23-24(14-21)30-17-29-23/h2-14,18,22H,15-17H2,1H3,(H,27,28)/t18-,22+/m1/s1. The predicted octanol–water partition coefficient (Wildman–Crippen LogP) is 5.19. The van der Waals surface area contributed by atoms with E-state index in [1.807, 2.05) is 54.6 Å². The Balaban J connectivity index is 1.75. The van der Waals surface area contributed by atoms with Gasteiger partial charge in [-0.1, -0.05) is 66.7 Å². The van der Waals surface area contributed by atoms with Crippen LogP contribution in [-0.4, -0.2) is 22.8 Å². The number of carboxylic acids is 1. The smallest absolute Gasteiger partial charge is 0.305 e. The van der Waals surface area contributed by atoms with E-state index < -0.39 is 5.97 Å². The van der Waals surface area contributed by atoms with E-state index in [1.54, 1.807) is 0 Å². The Hall–Kier alpha value is -3.31. The van der Waals surface area contributed by atoms with E-state index in [1.165, 1.54) is 0 Å². The number of rotatable bonds is 8. The zero-order valence-electron chi connectivity index (χ0n) is 16.9. The van der Waals surface area contributed by atoms with Crippen LogP contribution in [0.3, 0.4) is 0 Å². The second-order valence-corrected chi connectivity index (χ2v) is 7.47. The number of fused-ring (bicyclic) bond motifs is 1. The molecule has 154 valence electrons. The number of nitrogens with zero attached hydrogens (tertiary/aromatic N) is 1. The Labute approximate surface area is 176 Å². The third kappa shape index (κ3) is 4.47. The molecule has 0 radical (unpaired) electrons. The van der Waals surface area contributed by atoms with Gasteiger partial charge in [0, 0.05) is 18.6 Å². The highest BCUT2D eigenvalue weighted by molar-refractivity contribution is 5.68. The second kappa shape index (κ2) is 9.01. The van der Waals surface area contributed by atoms with Crippen LogP contribution in [0.15, 0.2) is 78.9 Å². The van der Waals surface area contributed by atoms with Crippen LogP contribution in [0.5, 0.6) is 11.5 Å². The van der Waals surface area contributed by atoms with Crippen molar-refractivity contribution >= 4 is 5.97 Å². The summed E-state index contributed by atoms with van der Waals surface area (Å²) in [5, 5.41) is 9.72. The zero-order chi connectivity index (χ0) is 20.9. The lowest BCUT2D eigenvalue weighted by atomic mass is 9.96. The molecule has 30 heavy (non-hydrogen) atoms. The summed E-state index contributed by atoms with van der Waals surface area (Å²) in [5.41, 5.74) is 3.18. The summed E-state index contributed by atoms with van der Waals surface area (Å²) in [6.07, 6.45) is -0.0103. The molecule has 3 aromatic rings. The van der Waals surface area contributed by atoms with Crippen molar-refractivity contribution in [1.82, 2.24) is 4.90 Å². The minimum atomic E-state index is -0.837. The lowest BCUT2D eigenvalue weighted by Crippen LogP contribution is -2.32. The number of carbonyl (C=O) groups is 1. The maximum atomic E-state index is 11.9. The van der Waals surface area contributed by atoms with Crippen molar-refractivity contribution in [2.24, 2.45) is 0 Å². The summed E-state index contributed by atoms with van der Waals surface area (Å²) >= 11 is 0. The molecule has 5 nitrogen and oxygen atoms in total. The molecular weight excluding hydrogens is 378 g/mol. The Kier molecular flexibility index (Phi) is 6.00. The molecule has 0 aliphatic carbocycles. The number of benzene rings is 3. The molecule has 0 unspecified atom stereocenters. The van der Waals surface area contributed by atoms with Crippen molar-refractivity contribution in [3.05, 3.63) is 95.6 Å². The Bertz CT molecular complexity index is 991. The number of hydrogen-bond acceptors (Lipinski definition) is 4. The van der Waals surface area contributed by atoms with E-state index in [-0.39, 0.29) is 25.3 Å². The number of ether oxygens (including phenoxy) is 2. The van der Waals surface area contributed by atoms with Crippen molar-refractivity contribution in [2.45, 2.75) is 32.0 Å². The van der Waals surface area contributed by atoms with Gasteiger partial charge in [0.2, 0.25) is 6.79 Å². The lowest BCUT2D eigenvalue weighted by Gasteiger charge is -2.36. The molecule has 1 N–H and O–H groups in total. The normalized spacial score (nSPS) is 14.5. The van der Waals surface area contributed by atoms with Crippen LogP contribution >= 0.6 is 0 Å². The van der Waals surface area contributed by atoms with E-state index >= 15 is 0 Å². The minimum Gasteiger partial charge on any atom is -0.481 e. The first-order valence-corrected chi connectivity index (χ1v) is 10.1. The predicted molar refractivity (Wildman–Crippen MR) is 114 cm³/mol. The first-order chi connectivity index (χ1) is 14.6. The van der Waals surface area contributed by atoms with Crippen molar-refractivity contribution < 1.29 is 19.4 Å². The molecule has 0 aromatic heterocycles. The van der Waals surface area contributed by atoms with Gasteiger partial charge in [-0.2, -0.15) is 0 Å². The Morgan fingerprint density at radius 2 is 1.60 bits per heavy atom. The van der Waals surface area contributed by atoms with E-state index in [0.717, 1.165) is 16.7 Å². The van der Waals surface area contributed by atoms with Crippen LogP contribution in [-0.2, 0) is 11.3 Å². The molecule has 0 amide bonds. The van der Waals surface area contributed by atoms with Gasteiger partial charge in [0.1, 0.15) is 0 Å². The third-order valence-electron chi connectivity index (χ3n) is 5.54. The fraction of sp³-hybridized carbons (Fsp3) is 0.240. The fourth-order valence-electron chi connectivity index (χ4n) is 3.95. The third-order valence-corrected chi connectivity index (χ3v) is 5.54. The average molecular weight is 403 g/mol. The summed E-state index contributed by atoms with van der Waals surface area (Å²) in [5.74, 6) is 0.518. The molecule has 0 saturated carbocycles. The van der Waals surface area contributed by atoms with Crippen molar-refractivity contribution in [1.29, 1.82) is 0 Å². The molecule has 0 saturated heterocycles. The number of carboxylic acid groups (broad SMARTS) is 1. The quantitative estimate of drug-likeness (QED) is 0.561.